The van der Waals surface area contributed by atoms with Crippen molar-refractivity contribution in [2.75, 3.05) is 13.1 Å². The van der Waals surface area contributed by atoms with Crippen LogP contribution < -0.4 is 0 Å². The summed E-state index contributed by atoms with van der Waals surface area (Å²) < 4.78 is 38.7. The molecular weight excluding hydrogens is 243 g/mol. The zero-order chi connectivity index (χ0) is 13.6. The SMILES string of the molecule is CC(C)[C@@H]1CCCN(C(=O)C2(C(F)(F)F)CC2)C1. The molecule has 2 nitrogen and oxygen atoms in total. The van der Waals surface area contributed by atoms with Gasteiger partial charge in [0, 0.05) is 13.1 Å². The van der Waals surface area contributed by atoms with Crippen LogP contribution in [0.1, 0.15) is 39.5 Å². The van der Waals surface area contributed by atoms with Gasteiger partial charge in [0.15, 0.2) is 0 Å². The summed E-state index contributed by atoms with van der Waals surface area (Å²) >= 11 is 0. The molecule has 0 radical (unpaired) electrons. The van der Waals surface area contributed by atoms with Crippen LogP contribution in [0.4, 0.5) is 13.2 Å². The molecule has 1 aliphatic carbocycles. The van der Waals surface area contributed by atoms with E-state index in [1.54, 1.807) is 0 Å². The lowest BCUT2D eigenvalue weighted by molar-refractivity contribution is -0.199. The standard InChI is InChI=1S/C13H20F3NO/c1-9(2)10-4-3-7-17(8-10)11(18)12(5-6-12)13(14,15)16/h9-10H,3-8H2,1-2H3/t10-/m1/s1. The van der Waals surface area contributed by atoms with E-state index in [2.05, 4.69) is 13.8 Å². The predicted octanol–water partition coefficient (Wildman–Crippen LogP) is 3.22. The van der Waals surface area contributed by atoms with Crippen LogP contribution in [0.25, 0.3) is 0 Å². The number of hydrogen-bond donors (Lipinski definition) is 0. The van der Waals surface area contributed by atoms with Gasteiger partial charge in [0.2, 0.25) is 5.91 Å². The molecule has 1 heterocycles. The molecule has 1 atom stereocenters. The highest BCUT2D eigenvalue weighted by Gasteiger charge is 2.69. The fraction of sp³-hybridized carbons (Fsp3) is 0.923. The molecule has 0 spiro atoms. The second-order valence-electron chi connectivity index (χ2n) is 5.98. The minimum Gasteiger partial charge on any atom is -0.342 e. The van der Waals surface area contributed by atoms with Crippen LogP contribution in [0.2, 0.25) is 0 Å². The van der Waals surface area contributed by atoms with Crippen LogP contribution in [0.3, 0.4) is 0 Å². The van der Waals surface area contributed by atoms with Gasteiger partial charge in [0.1, 0.15) is 5.41 Å². The van der Waals surface area contributed by atoms with Crippen LogP contribution >= 0.6 is 0 Å². The molecule has 18 heavy (non-hydrogen) atoms. The first-order valence-electron chi connectivity index (χ1n) is 6.64. The van der Waals surface area contributed by atoms with E-state index in [0.717, 1.165) is 12.8 Å². The number of likely N-dealkylation sites (tertiary alicyclic amines) is 1. The van der Waals surface area contributed by atoms with Crippen LogP contribution in [0, 0.1) is 17.3 Å². The van der Waals surface area contributed by atoms with E-state index in [1.807, 2.05) is 0 Å². The Morgan fingerprint density at radius 2 is 1.94 bits per heavy atom. The van der Waals surface area contributed by atoms with Crippen molar-refractivity contribution in [3.05, 3.63) is 0 Å². The van der Waals surface area contributed by atoms with Gasteiger partial charge in [-0.15, -0.1) is 0 Å². The smallest absolute Gasteiger partial charge is 0.342 e. The molecule has 2 fully saturated rings. The Kier molecular flexibility index (Phi) is 3.36. The molecule has 0 N–H and O–H groups in total. The van der Waals surface area contributed by atoms with Gasteiger partial charge < -0.3 is 4.90 Å². The predicted molar refractivity (Wildman–Crippen MR) is 61.9 cm³/mol. The maximum atomic E-state index is 12.9. The summed E-state index contributed by atoms with van der Waals surface area (Å²) in [5.74, 6) is 0.0775. The van der Waals surface area contributed by atoms with Crippen molar-refractivity contribution in [2.45, 2.75) is 45.7 Å². The fourth-order valence-electron chi connectivity index (χ4n) is 2.78. The van der Waals surface area contributed by atoms with Crippen molar-refractivity contribution in [2.24, 2.45) is 17.3 Å². The highest BCUT2D eigenvalue weighted by Crippen LogP contribution is 2.58. The third-order valence-corrected chi connectivity index (χ3v) is 4.39. The first kappa shape index (κ1) is 13.7. The van der Waals surface area contributed by atoms with Crippen molar-refractivity contribution in [3.8, 4) is 0 Å². The number of hydrogen-bond acceptors (Lipinski definition) is 1. The molecule has 104 valence electrons. The second-order valence-corrected chi connectivity index (χ2v) is 5.98. The zero-order valence-electron chi connectivity index (χ0n) is 10.9. The summed E-state index contributed by atoms with van der Waals surface area (Å²) in [5.41, 5.74) is -2.04. The number of halogens is 3. The lowest BCUT2D eigenvalue weighted by atomic mass is 9.87. The molecule has 0 aromatic carbocycles. The van der Waals surface area contributed by atoms with Gasteiger partial charge in [0.25, 0.3) is 0 Å². The molecule has 2 aliphatic rings. The number of amides is 1. The normalized spacial score (nSPS) is 27.4. The molecule has 0 aromatic heterocycles. The van der Waals surface area contributed by atoms with E-state index in [4.69, 9.17) is 0 Å². The van der Waals surface area contributed by atoms with Gasteiger partial charge in [-0.3, -0.25) is 4.79 Å². The molecular formula is C13H20F3NO. The van der Waals surface area contributed by atoms with Gasteiger partial charge in [-0.25, -0.2) is 0 Å². The number of nitrogens with zero attached hydrogens (tertiary/aromatic N) is 1. The van der Waals surface area contributed by atoms with Gasteiger partial charge in [-0.1, -0.05) is 13.8 Å². The zero-order valence-corrected chi connectivity index (χ0v) is 10.9. The first-order chi connectivity index (χ1) is 8.28. The number of carbonyl (C=O) groups excluding carboxylic acids is 1. The third kappa shape index (κ3) is 2.24. The molecule has 1 saturated heterocycles. The average molecular weight is 263 g/mol. The van der Waals surface area contributed by atoms with Crippen molar-refractivity contribution < 1.29 is 18.0 Å². The Bertz CT molecular complexity index is 334. The van der Waals surface area contributed by atoms with Crippen molar-refractivity contribution >= 4 is 5.91 Å². The molecule has 0 bridgehead atoms. The number of carbonyl (C=O) groups is 1. The number of rotatable bonds is 2. The summed E-state index contributed by atoms with van der Waals surface area (Å²) in [6, 6.07) is 0. The summed E-state index contributed by atoms with van der Waals surface area (Å²) in [6.07, 6.45) is -2.60. The van der Waals surface area contributed by atoms with Crippen LogP contribution in [0.5, 0.6) is 0 Å². The number of piperidine rings is 1. The Hall–Kier alpha value is -0.740. The monoisotopic (exact) mass is 263 g/mol. The van der Waals surface area contributed by atoms with E-state index >= 15 is 0 Å². The van der Waals surface area contributed by atoms with E-state index in [1.165, 1.54) is 4.90 Å². The maximum Gasteiger partial charge on any atom is 0.403 e. The Labute approximate surface area is 106 Å². The lowest BCUT2D eigenvalue weighted by Crippen LogP contribution is -2.48. The fourth-order valence-corrected chi connectivity index (χ4v) is 2.78. The second kappa shape index (κ2) is 4.42. The van der Waals surface area contributed by atoms with Crippen molar-refractivity contribution in [1.82, 2.24) is 4.90 Å². The van der Waals surface area contributed by atoms with Gasteiger partial charge in [0.05, 0.1) is 0 Å². The maximum absolute atomic E-state index is 12.9. The molecule has 2 rings (SSSR count). The molecule has 1 aliphatic heterocycles. The van der Waals surface area contributed by atoms with E-state index < -0.39 is 17.5 Å². The first-order valence-corrected chi connectivity index (χ1v) is 6.64. The van der Waals surface area contributed by atoms with Crippen LogP contribution in [-0.2, 0) is 4.79 Å². The molecule has 1 saturated carbocycles. The van der Waals surface area contributed by atoms with Gasteiger partial charge in [-0.05, 0) is 37.5 Å². The summed E-state index contributed by atoms with van der Waals surface area (Å²) in [4.78, 5) is 13.6. The Morgan fingerprint density at radius 3 is 2.39 bits per heavy atom. The Balaban J connectivity index is 2.06. The van der Waals surface area contributed by atoms with E-state index in [-0.39, 0.29) is 12.8 Å². The highest BCUT2D eigenvalue weighted by molar-refractivity contribution is 5.86. The minimum atomic E-state index is -4.38. The van der Waals surface area contributed by atoms with Crippen molar-refractivity contribution in [1.29, 1.82) is 0 Å². The average Bonchev–Trinajstić information content (AvgIpc) is 3.08. The largest absolute Gasteiger partial charge is 0.403 e. The highest BCUT2D eigenvalue weighted by atomic mass is 19.4. The molecule has 0 aromatic rings. The molecule has 5 heteroatoms. The quantitative estimate of drug-likeness (QED) is 0.749. The van der Waals surface area contributed by atoms with Crippen LogP contribution in [0.15, 0.2) is 0 Å². The van der Waals surface area contributed by atoms with Gasteiger partial charge in [-0.2, -0.15) is 13.2 Å². The lowest BCUT2D eigenvalue weighted by Gasteiger charge is -2.37. The molecule has 1 amide bonds. The summed E-state index contributed by atoms with van der Waals surface area (Å²) in [6.45, 7) is 5.11. The number of alkyl halides is 3. The van der Waals surface area contributed by atoms with E-state index in [9.17, 15) is 18.0 Å². The van der Waals surface area contributed by atoms with Crippen molar-refractivity contribution in [3.63, 3.8) is 0 Å². The van der Waals surface area contributed by atoms with E-state index in [0.29, 0.717) is 24.9 Å². The minimum absolute atomic E-state index is 0.0296. The summed E-state index contributed by atoms with van der Waals surface area (Å²) in [7, 11) is 0. The topological polar surface area (TPSA) is 20.3 Å². The Morgan fingerprint density at radius 1 is 1.33 bits per heavy atom. The summed E-state index contributed by atoms with van der Waals surface area (Å²) in [5, 5.41) is 0. The third-order valence-electron chi connectivity index (χ3n) is 4.39. The molecule has 0 unspecified atom stereocenters. The van der Waals surface area contributed by atoms with Gasteiger partial charge >= 0.3 is 6.18 Å². The van der Waals surface area contributed by atoms with Crippen LogP contribution in [-0.4, -0.2) is 30.1 Å².